The SMILES string of the molecule is CC.COC(=O)[C@H](CCP(=O)(O)C(O)c1ccc(C(F)(F)F)c([N+](=O)[O-])c1)NC(=O)OCc1ccccc1.COC(=O)[C@H](CC[P+](=O)O)NC(=O)OCc1ccccc1.COC(=O)c1ccc(C(O)P(=O)(O)CC[C@H](NC(=O)OCc2ccccc2)C(=O)OC)cc1.N[C@@H](CCP(=O)(O)C(O)c1ccc(C(=O)O)cc1)C(=O)O.N[C@@H](CCP(=O)(O)C(O)c1ccc(C(F)(F)F)c([N+](=O)[O-])c1)C(=O)O. The van der Waals surface area contributed by atoms with E-state index >= 15 is 0 Å². The number of amides is 3. The Morgan fingerprint density at radius 1 is 0.413 bits per heavy atom. The number of carbonyl (C=O) groups is 10. The molecule has 0 radical (unpaired) electrons. The second-order valence-corrected chi connectivity index (χ2v) is 39.2. The first kappa shape index (κ1) is 122. The number of nitrogens with one attached hydrogen (secondary N) is 3. The van der Waals surface area contributed by atoms with Crippen LogP contribution in [-0.4, -0.2) is 220 Å². The average molecular weight is 2060 g/mol. The van der Waals surface area contributed by atoms with E-state index in [2.05, 4.69) is 34.9 Å². The molecule has 0 aliphatic heterocycles. The monoisotopic (exact) mass is 2060 g/mol. The van der Waals surface area contributed by atoms with Crippen LogP contribution in [0.1, 0.15) is 140 Å². The van der Waals surface area contributed by atoms with E-state index in [9.17, 15) is 157 Å². The Labute approximate surface area is 781 Å². The third kappa shape index (κ3) is 42.3. The van der Waals surface area contributed by atoms with E-state index in [-0.39, 0.29) is 67.5 Å². The molecule has 14 atom stereocenters. The highest BCUT2D eigenvalue weighted by Gasteiger charge is 2.44. The molecule has 56 heteroatoms. The molecular weight excluding hydrogens is 1960 g/mol. The van der Waals surface area contributed by atoms with Gasteiger partial charge in [0.2, 0.25) is 29.5 Å². The number of carboxylic acids is 3. The number of carboxylic acid groups (broad SMARTS) is 3. The summed E-state index contributed by atoms with van der Waals surface area (Å²) in [6, 6.07) is 32.8. The molecule has 3 amide bonds. The summed E-state index contributed by atoms with van der Waals surface area (Å²) >= 11 is 0. The number of nitro benzene ring substituents is 2. The zero-order chi connectivity index (χ0) is 105. The fourth-order valence-electron chi connectivity index (χ4n) is 11.0. The van der Waals surface area contributed by atoms with Crippen molar-refractivity contribution in [3.05, 3.63) is 257 Å². The molecule has 7 rings (SSSR count). The molecule has 19 N–H and O–H groups in total. The maximum atomic E-state index is 13.0. The topological polar surface area (TPSA) is 738 Å². The van der Waals surface area contributed by atoms with E-state index in [4.69, 9.17) is 45.9 Å². The van der Waals surface area contributed by atoms with Crippen LogP contribution in [0.15, 0.2) is 176 Å². The quantitative estimate of drug-likeness (QED) is 0.00423. The maximum Gasteiger partial charge on any atom is 0.505 e. The number of ether oxygens (including phenoxy) is 7. The highest BCUT2D eigenvalue weighted by molar-refractivity contribution is 7.59. The Morgan fingerprint density at radius 2 is 0.674 bits per heavy atom. The lowest BCUT2D eigenvalue weighted by Gasteiger charge is -2.22. The summed E-state index contributed by atoms with van der Waals surface area (Å²) in [7, 11) is -15.3. The van der Waals surface area contributed by atoms with Crippen molar-refractivity contribution >= 4 is 109 Å². The molecule has 0 saturated carbocycles. The minimum absolute atomic E-state index is 0.00118. The van der Waals surface area contributed by atoms with Crippen LogP contribution < -0.4 is 27.4 Å². The zero-order valence-corrected chi connectivity index (χ0v) is 78.1. The number of nitrogens with zero attached hydrogens (tertiary/aromatic N) is 2. The Bertz CT molecular complexity index is 5440. The molecule has 0 aromatic heterocycles. The standard InChI is InChI=1S/C22H26NO9P.C21H22F3N2O9P.C13H16NO6P.C12H14F3N2O7P.C12H16NO7P.C2H6/c1-30-19(24)16-8-10-17(11-9-16)21(26)33(28,29)13-12-18(20(25)31-2)23-22(27)32-14-15-6-4-3-5-7-15;1-34-18(27)16(25-20(29)35-12-13-5-3-2-4-6-13)9-10-36(32,33)19(28)14-7-8-15(21(22,23)24)17(11-14)26(30)31;1-19-12(15)11(7-8-21(17)18)14-13(16)20-9-10-5-3-2-4-6-10;13-12(14,15)7-2-1-6(5-9(7)17(21)22)11(20)25(23,24)4-3-8(16)10(18)19;13-9(11(16)17)5-6-21(19,20)12(18)8-3-1-7(2-4-8)10(14)15;1-2/h3-11,18,21,26H,12-14H2,1-2H3,(H,23,27)(H,28,29);2-8,11,16,19,28H,9-10,12H2,1H3,(H,25,29)(H,32,33);2-6,11H,7-9H2,1H3,(H-,14,16,17,18);1-2,5,8,11,20H,3-4,16H2,(H,18,19)(H,23,24);1-4,9,12,18H,5-6,13H2,(H,14,15)(H,16,17)(H,19,20);1-2H3/p+1/t18-,21?;16-,19?;11-;8-,11?;9-,12?;/m00000./s1. The summed E-state index contributed by atoms with van der Waals surface area (Å²) in [5, 5.41) is 95.0. The second-order valence-electron chi connectivity index (χ2n) is 28.3. The lowest BCUT2D eigenvalue weighted by Crippen LogP contribution is -2.42. The number of carbonyl (C=O) groups excluding carboxylic acids is 7. The predicted octanol–water partition coefficient (Wildman–Crippen LogP) is 11.1. The Morgan fingerprint density at radius 3 is 0.920 bits per heavy atom. The van der Waals surface area contributed by atoms with Crippen LogP contribution in [0.3, 0.4) is 0 Å². The van der Waals surface area contributed by atoms with Crippen molar-refractivity contribution in [1.82, 2.24) is 16.0 Å². The summed E-state index contributed by atoms with van der Waals surface area (Å²) in [6.07, 6.45) is -17.0. The van der Waals surface area contributed by atoms with Crippen molar-refractivity contribution < 1.29 is 200 Å². The Kier molecular flexibility index (Phi) is 51.5. The molecule has 7 aromatic rings. The third-order valence-corrected chi connectivity index (χ3v) is 27.0. The zero-order valence-electron chi connectivity index (χ0n) is 73.7. The maximum absolute atomic E-state index is 13.0. The van der Waals surface area contributed by atoms with Gasteiger partial charge in [-0.05, 0) is 106 Å². The van der Waals surface area contributed by atoms with E-state index in [0.717, 1.165) is 25.3 Å². The van der Waals surface area contributed by atoms with E-state index in [1.165, 1.54) is 62.8 Å². The van der Waals surface area contributed by atoms with Gasteiger partial charge >= 0.3 is 80.4 Å². The minimum Gasteiger partial charge on any atom is -0.480 e. The van der Waals surface area contributed by atoms with Gasteiger partial charge in [0.25, 0.3) is 11.4 Å². The number of aliphatic hydroxyl groups is 4. The highest BCUT2D eigenvalue weighted by atomic mass is 31.2. The van der Waals surface area contributed by atoms with Crippen molar-refractivity contribution in [1.29, 1.82) is 0 Å². The largest absolute Gasteiger partial charge is 0.505 e. The lowest BCUT2D eigenvalue weighted by molar-refractivity contribution is -0.388. The normalized spacial score (nSPS) is 14.7. The van der Waals surface area contributed by atoms with E-state index in [1.54, 1.807) is 66.7 Å². The van der Waals surface area contributed by atoms with Crippen molar-refractivity contribution in [2.75, 3.05) is 59.2 Å². The van der Waals surface area contributed by atoms with E-state index in [0.29, 0.717) is 42.0 Å². The average Bonchev–Trinajstić information content (AvgIpc) is 0.791. The molecule has 0 aliphatic carbocycles. The van der Waals surface area contributed by atoms with Crippen molar-refractivity contribution in [2.45, 2.75) is 132 Å². The molecule has 0 heterocycles. The number of aromatic carboxylic acids is 1. The van der Waals surface area contributed by atoms with Gasteiger partial charge in [-0.2, -0.15) is 31.2 Å². The van der Waals surface area contributed by atoms with Crippen LogP contribution in [-0.2, 0) is 112 Å². The number of esters is 4. The first-order chi connectivity index (χ1) is 64.4. The number of hydrogen-bond donors (Lipinski definition) is 17. The van der Waals surface area contributed by atoms with E-state index < -0.39 is 244 Å². The molecule has 0 spiro atoms. The number of methoxy groups -OCH3 is 4. The van der Waals surface area contributed by atoms with Gasteiger partial charge in [0.05, 0.1) is 49.4 Å². The smallest absolute Gasteiger partial charge is 0.480 e. The third-order valence-electron chi connectivity index (χ3n) is 18.5. The molecule has 0 bridgehead atoms. The van der Waals surface area contributed by atoms with Crippen molar-refractivity contribution in [3.8, 4) is 0 Å². The van der Waals surface area contributed by atoms with Gasteiger partial charge in [0.15, 0.2) is 29.5 Å². The summed E-state index contributed by atoms with van der Waals surface area (Å²) in [6.45, 7) is 3.90. The minimum atomic E-state index is -5.07. The fourth-order valence-corrected chi connectivity index (χ4v) is 17.5. The molecule has 0 saturated heterocycles. The summed E-state index contributed by atoms with van der Waals surface area (Å²) in [5.41, 5.74) is 5.83. The molecule has 758 valence electrons. The number of alkyl carbamates (subject to hydrolysis) is 3. The van der Waals surface area contributed by atoms with Gasteiger partial charge in [-0.3, -0.25) is 48.1 Å². The number of aliphatic hydroxyl groups excluding tert-OH is 4. The van der Waals surface area contributed by atoms with Crippen molar-refractivity contribution in [2.24, 2.45) is 11.5 Å². The summed E-state index contributed by atoms with van der Waals surface area (Å²) < 4.78 is 171. The van der Waals surface area contributed by atoms with Crippen LogP contribution in [0.5, 0.6) is 0 Å². The van der Waals surface area contributed by atoms with Crippen LogP contribution in [0.4, 0.5) is 52.1 Å². The van der Waals surface area contributed by atoms with Crippen molar-refractivity contribution in [3.63, 3.8) is 0 Å². The molecule has 0 fully saturated rings. The van der Waals surface area contributed by atoms with Crippen LogP contribution in [0, 0.1) is 20.2 Å². The van der Waals surface area contributed by atoms with Crippen LogP contribution in [0.25, 0.3) is 0 Å². The lowest BCUT2D eigenvalue weighted by atomic mass is 10.1. The van der Waals surface area contributed by atoms with Gasteiger partial charge in [-0.1, -0.05) is 141 Å². The van der Waals surface area contributed by atoms with E-state index in [1.807, 2.05) is 38.1 Å². The first-order valence-corrected chi connectivity index (χ1v) is 48.9. The molecule has 9 unspecified atom stereocenters. The number of nitrogens with two attached hydrogens (primary N) is 2. The van der Waals surface area contributed by atoms with Gasteiger partial charge in [0.1, 0.15) is 61.2 Å². The first-order valence-electron chi connectivity index (χ1n) is 39.8. The Balaban J connectivity index is 0.000000590. The van der Waals surface area contributed by atoms with Crippen LogP contribution in [0.2, 0.25) is 0 Å². The summed E-state index contributed by atoms with van der Waals surface area (Å²) in [4.78, 5) is 183. The Hall–Kier alpha value is -12.4. The molecule has 0 aliphatic rings. The van der Waals surface area contributed by atoms with Crippen LogP contribution >= 0.6 is 37.5 Å². The number of alkyl halides is 6. The number of nitro groups is 2. The summed E-state index contributed by atoms with van der Waals surface area (Å²) in [5.74, 6) is -15.0. The fraction of sp³-hybridized carbons (Fsp3) is 0.366. The second kappa shape index (κ2) is 58.4. The van der Waals surface area contributed by atoms with Gasteiger partial charge in [-0.25, -0.2) is 38.4 Å². The number of rotatable bonds is 41. The number of halogens is 6. The van der Waals surface area contributed by atoms with Gasteiger partial charge in [0, 0.05) is 43.2 Å². The molecular formula is C82H101F6N7O38P5+. The van der Waals surface area contributed by atoms with Gasteiger partial charge in [-0.15, -0.1) is 0 Å². The number of benzene rings is 7. The molecule has 138 heavy (non-hydrogen) atoms. The molecule has 45 nitrogen and oxygen atoms in total. The molecule has 7 aromatic carbocycles. The predicted molar refractivity (Wildman–Crippen MR) is 473 cm³/mol. The number of aliphatic carboxylic acids is 2. The number of hydrogen-bond acceptors (Lipinski definition) is 32. The van der Waals surface area contributed by atoms with Gasteiger partial charge < -0.3 is 116 Å². The highest BCUT2D eigenvalue weighted by Crippen LogP contribution is 2.58.